The number of ether oxygens (including phenoxy) is 1. The molecule has 1 aliphatic rings. The van der Waals surface area contributed by atoms with Gasteiger partial charge in [-0.3, -0.25) is 0 Å². The molecule has 0 atom stereocenters. The van der Waals surface area contributed by atoms with E-state index in [0.29, 0.717) is 16.9 Å². The molecule has 122 valence electrons. The molecule has 1 aromatic heterocycles. The Kier molecular flexibility index (Phi) is 2.97. The van der Waals surface area contributed by atoms with E-state index in [1.54, 1.807) is 18.5 Å². The van der Waals surface area contributed by atoms with Crippen LogP contribution in [0.3, 0.4) is 0 Å². The van der Waals surface area contributed by atoms with Crippen LogP contribution in [0.25, 0.3) is 22.4 Å². The van der Waals surface area contributed by atoms with E-state index < -0.39 is 5.60 Å². The Morgan fingerprint density at radius 1 is 1.21 bits per heavy atom. The van der Waals surface area contributed by atoms with Gasteiger partial charge in [0, 0.05) is 24.4 Å². The SMILES string of the molecule is Cn1cnc(-c2cc(O)c3c(c2)OC(C)(C)c2ccc(F)cc2-3)c1. The molecule has 0 fully saturated rings. The maximum absolute atomic E-state index is 13.8. The average molecular weight is 324 g/mol. The second-order valence-corrected chi connectivity index (χ2v) is 6.60. The quantitative estimate of drug-likeness (QED) is 0.729. The highest BCUT2D eigenvalue weighted by Gasteiger charge is 2.34. The van der Waals surface area contributed by atoms with Gasteiger partial charge in [0.1, 0.15) is 22.9 Å². The Morgan fingerprint density at radius 2 is 2.00 bits per heavy atom. The van der Waals surface area contributed by atoms with E-state index in [0.717, 1.165) is 16.8 Å². The predicted octanol–water partition coefficient (Wildman–Crippen LogP) is 4.23. The second-order valence-electron chi connectivity index (χ2n) is 6.60. The zero-order valence-electron chi connectivity index (χ0n) is 13.7. The normalized spacial score (nSPS) is 14.7. The fourth-order valence-electron chi connectivity index (χ4n) is 3.24. The molecule has 2 aromatic carbocycles. The number of rotatable bonds is 1. The summed E-state index contributed by atoms with van der Waals surface area (Å²) in [5.74, 6) is 0.236. The molecule has 2 heterocycles. The van der Waals surface area contributed by atoms with Crippen LogP contribution < -0.4 is 4.74 Å². The van der Waals surface area contributed by atoms with Crippen LogP contribution in [0.1, 0.15) is 19.4 Å². The molecule has 0 saturated carbocycles. The van der Waals surface area contributed by atoms with Crippen molar-refractivity contribution in [2.45, 2.75) is 19.4 Å². The van der Waals surface area contributed by atoms with Gasteiger partial charge in [0.25, 0.3) is 0 Å². The molecule has 0 spiro atoms. The monoisotopic (exact) mass is 324 g/mol. The number of phenolic OH excluding ortho intramolecular Hbond substituents is 1. The number of aryl methyl sites for hydroxylation is 1. The molecular formula is C19H17FN2O2. The summed E-state index contributed by atoms with van der Waals surface area (Å²) in [4.78, 5) is 4.31. The van der Waals surface area contributed by atoms with E-state index in [4.69, 9.17) is 4.74 Å². The van der Waals surface area contributed by atoms with Crippen molar-refractivity contribution in [2.75, 3.05) is 0 Å². The highest BCUT2D eigenvalue weighted by atomic mass is 19.1. The third kappa shape index (κ3) is 2.16. The van der Waals surface area contributed by atoms with E-state index in [-0.39, 0.29) is 11.6 Å². The van der Waals surface area contributed by atoms with Crippen molar-refractivity contribution in [2.24, 2.45) is 7.05 Å². The minimum atomic E-state index is -0.620. The summed E-state index contributed by atoms with van der Waals surface area (Å²) in [6.45, 7) is 3.86. The Hall–Kier alpha value is -2.82. The van der Waals surface area contributed by atoms with Crippen LogP contribution in [-0.2, 0) is 12.6 Å². The van der Waals surface area contributed by atoms with Crippen LogP contribution in [-0.4, -0.2) is 14.7 Å². The van der Waals surface area contributed by atoms with Crippen LogP contribution in [0.4, 0.5) is 4.39 Å². The Bertz CT molecular complexity index is 960. The minimum Gasteiger partial charge on any atom is -0.507 e. The topological polar surface area (TPSA) is 47.3 Å². The Labute approximate surface area is 139 Å². The first-order chi connectivity index (χ1) is 11.3. The number of aromatic nitrogens is 2. The van der Waals surface area contributed by atoms with Gasteiger partial charge in [-0.25, -0.2) is 9.37 Å². The molecule has 1 aliphatic heterocycles. The summed E-state index contributed by atoms with van der Waals surface area (Å²) in [5.41, 5.74) is 2.89. The van der Waals surface area contributed by atoms with Gasteiger partial charge in [-0.2, -0.15) is 0 Å². The highest BCUT2D eigenvalue weighted by molar-refractivity contribution is 5.84. The van der Waals surface area contributed by atoms with Crippen LogP contribution in [0.5, 0.6) is 11.5 Å². The number of phenols is 1. The van der Waals surface area contributed by atoms with Crippen molar-refractivity contribution in [1.29, 1.82) is 0 Å². The minimum absolute atomic E-state index is 0.0514. The lowest BCUT2D eigenvalue weighted by Gasteiger charge is -2.35. The van der Waals surface area contributed by atoms with Gasteiger partial charge in [-0.05, 0) is 43.7 Å². The largest absolute Gasteiger partial charge is 0.507 e. The summed E-state index contributed by atoms with van der Waals surface area (Å²) >= 11 is 0. The fourth-order valence-corrected chi connectivity index (χ4v) is 3.24. The fraction of sp³-hybridized carbons (Fsp3) is 0.211. The van der Waals surface area contributed by atoms with Crippen molar-refractivity contribution in [3.05, 3.63) is 54.2 Å². The number of hydrogen-bond acceptors (Lipinski definition) is 3. The smallest absolute Gasteiger partial charge is 0.132 e. The molecule has 4 nitrogen and oxygen atoms in total. The molecule has 0 aliphatic carbocycles. The van der Waals surface area contributed by atoms with E-state index in [2.05, 4.69) is 4.98 Å². The van der Waals surface area contributed by atoms with Gasteiger partial charge in [0.15, 0.2) is 0 Å². The van der Waals surface area contributed by atoms with E-state index in [1.807, 2.05) is 37.7 Å². The average Bonchev–Trinajstić information content (AvgIpc) is 2.92. The van der Waals surface area contributed by atoms with Crippen LogP contribution in [0.2, 0.25) is 0 Å². The first kappa shape index (κ1) is 14.8. The van der Waals surface area contributed by atoms with E-state index in [1.165, 1.54) is 12.1 Å². The molecule has 0 radical (unpaired) electrons. The zero-order valence-corrected chi connectivity index (χ0v) is 13.7. The van der Waals surface area contributed by atoms with Gasteiger partial charge in [0.05, 0.1) is 17.6 Å². The first-order valence-electron chi connectivity index (χ1n) is 7.70. The van der Waals surface area contributed by atoms with Crippen LogP contribution >= 0.6 is 0 Å². The lowest BCUT2D eigenvalue weighted by Crippen LogP contribution is -2.29. The van der Waals surface area contributed by atoms with Crippen LogP contribution in [0.15, 0.2) is 42.9 Å². The van der Waals surface area contributed by atoms with Crippen molar-refractivity contribution >= 4 is 0 Å². The lowest BCUT2D eigenvalue weighted by atomic mass is 9.85. The predicted molar refractivity (Wildman–Crippen MR) is 89.4 cm³/mol. The molecule has 4 rings (SSSR count). The summed E-state index contributed by atoms with van der Waals surface area (Å²) in [6.07, 6.45) is 3.56. The van der Waals surface area contributed by atoms with E-state index in [9.17, 15) is 9.50 Å². The maximum atomic E-state index is 13.8. The third-order valence-electron chi connectivity index (χ3n) is 4.35. The Balaban J connectivity index is 1.97. The van der Waals surface area contributed by atoms with Gasteiger partial charge in [-0.15, -0.1) is 0 Å². The van der Waals surface area contributed by atoms with Crippen molar-refractivity contribution in [1.82, 2.24) is 9.55 Å². The summed E-state index contributed by atoms with van der Waals surface area (Å²) in [5, 5.41) is 10.6. The third-order valence-corrected chi connectivity index (χ3v) is 4.35. The summed E-state index contributed by atoms with van der Waals surface area (Å²) < 4.78 is 21.7. The molecular weight excluding hydrogens is 307 g/mol. The first-order valence-corrected chi connectivity index (χ1v) is 7.70. The number of imidazole rings is 1. The van der Waals surface area contributed by atoms with Gasteiger partial charge in [0.2, 0.25) is 0 Å². The van der Waals surface area contributed by atoms with Gasteiger partial charge < -0.3 is 14.4 Å². The van der Waals surface area contributed by atoms with Crippen molar-refractivity contribution in [3.8, 4) is 33.9 Å². The van der Waals surface area contributed by atoms with Crippen molar-refractivity contribution < 1.29 is 14.2 Å². The number of benzene rings is 2. The maximum Gasteiger partial charge on any atom is 0.132 e. The molecule has 0 unspecified atom stereocenters. The molecule has 5 heteroatoms. The highest BCUT2D eigenvalue weighted by Crippen LogP contribution is 2.50. The lowest BCUT2D eigenvalue weighted by molar-refractivity contribution is 0.105. The Morgan fingerprint density at radius 3 is 2.71 bits per heavy atom. The molecule has 0 bridgehead atoms. The van der Waals surface area contributed by atoms with Gasteiger partial charge >= 0.3 is 0 Å². The second kappa shape index (κ2) is 4.84. The molecule has 0 amide bonds. The van der Waals surface area contributed by atoms with E-state index >= 15 is 0 Å². The van der Waals surface area contributed by atoms with Gasteiger partial charge in [-0.1, -0.05) is 6.07 Å². The molecule has 0 saturated heterocycles. The standard InChI is InChI=1S/C19H17FN2O2/c1-19(2)14-5-4-12(20)8-13(14)18-16(23)6-11(7-17(18)24-19)15-9-22(3)10-21-15/h4-10,23H,1-3H3. The molecule has 3 aromatic rings. The molecule has 1 N–H and O–H groups in total. The van der Waals surface area contributed by atoms with Crippen LogP contribution in [0, 0.1) is 5.82 Å². The number of fused-ring (bicyclic) bond motifs is 3. The molecule has 24 heavy (non-hydrogen) atoms. The van der Waals surface area contributed by atoms with Crippen molar-refractivity contribution in [3.63, 3.8) is 0 Å². The number of halogens is 1. The number of nitrogens with zero attached hydrogens (tertiary/aromatic N) is 2. The number of aromatic hydroxyl groups is 1. The zero-order chi connectivity index (χ0) is 17.1. The summed E-state index contributed by atoms with van der Waals surface area (Å²) in [7, 11) is 1.88. The number of hydrogen-bond donors (Lipinski definition) is 1. The summed E-state index contributed by atoms with van der Waals surface area (Å²) in [6, 6.07) is 8.04.